The molecule has 0 aliphatic carbocycles. The van der Waals surface area contributed by atoms with Crippen LogP contribution in [0.5, 0.6) is 0 Å². The van der Waals surface area contributed by atoms with Gasteiger partial charge in [0.2, 0.25) is 0 Å². The molecule has 0 aromatic heterocycles. The third-order valence-corrected chi connectivity index (χ3v) is 5.20. The maximum absolute atomic E-state index is 12.0. The maximum Gasteiger partial charge on any atom is 0.302 e. The van der Waals surface area contributed by atoms with E-state index in [0.29, 0.717) is 0 Å². The minimum Gasteiger partial charge on any atom is -0.228 e. The Morgan fingerprint density at radius 2 is 1.43 bits per heavy atom. The first-order valence-electron chi connectivity index (χ1n) is 4.10. The second kappa shape index (κ2) is 4.14. The molecule has 0 bridgehead atoms. The SMILES string of the molecule is CC(C)(C)S(=O)(=O)CCCS(=O)(=O)F. The van der Waals surface area contributed by atoms with E-state index in [-0.39, 0.29) is 12.2 Å². The number of hydrogen-bond donors (Lipinski definition) is 0. The van der Waals surface area contributed by atoms with Crippen LogP contribution < -0.4 is 0 Å². The lowest BCUT2D eigenvalue weighted by atomic mass is 10.3. The minimum absolute atomic E-state index is 0.196. The van der Waals surface area contributed by atoms with Gasteiger partial charge in [0.25, 0.3) is 0 Å². The highest BCUT2D eigenvalue weighted by molar-refractivity contribution is 7.92. The van der Waals surface area contributed by atoms with Crippen LogP contribution in [-0.2, 0) is 20.1 Å². The van der Waals surface area contributed by atoms with Gasteiger partial charge in [-0.25, -0.2) is 8.42 Å². The summed E-state index contributed by atoms with van der Waals surface area (Å²) in [5.41, 5.74) is 0. The van der Waals surface area contributed by atoms with Crippen LogP contribution in [0.3, 0.4) is 0 Å². The van der Waals surface area contributed by atoms with Crippen molar-refractivity contribution >= 4 is 20.1 Å². The van der Waals surface area contributed by atoms with Crippen molar-refractivity contribution in [3.63, 3.8) is 0 Å². The Morgan fingerprint density at radius 3 is 1.71 bits per heavy atom. The molecule has 0 unspecified atom stereocenters. The van der Waals surface area contributed by atoms with Crippen molar-refractivity contribution in [2.75, 3.05) is 11.5 Å². The normalized spacial score (nSPS) is 14.3. The highest BCUT2D eigenvalue weighted by Gasteiger charge is 2.28. The quantitative estimate of drug-likeness (QED) is 0.691. The number of sulfone groups is 1. The van der Waals surface area contributed by atoms with Crippen molar-refractivity contribution < 1.29 is 20.7 Å². The average Bonchev–Trinajstić information content (AvgIpc) is 1.80. The molecular formula is C7H15FO4S2. The monoisotopic (exact) mass is 246 g/mol. The van der Waals surface area contributed by atoms with Gasteiger partial charge in [0.15, 0.2) is 9.84 Å². The second-order valence-electron chi connectivity index (χ2n) is 4.03. The van der Waals surface area contributed by atoms with Crippen molar-refractivity contribution in [2.24, 2.45) is 0 Å². The molecule has 4 nitrogen and oxygen atoms in total. The topological polar surface area (TPSA) is 68.3 Å². The third-order valence-electron chi connectivity index (χ3n) is 1.73. The van der Waals surface area contributed by atoms with Crippen LogP contribution in [0.25, 0.3) is 0 Å². The van der Waals surface area contributed by atoms with Crippen LogP contribution in [0.15, 0.2) is 0 Å². The van der Waals surface area contributed by atoms with Crippen LogP contribution in [-0.4, -0.2) is 33.1 Å². The smallest absolute Gasteiger partial charge is 0.228 e. The molecule has 0 radical (unpaired) electrons. The van der Waals surface area contributed by atoms with Gasteiger partial charge in [-0.15, -0.1) is 3.89 Å². The Labute approximate surface area is 84.6 Å². The van der Waals surface area contributed by atoms with Gasteiger partial charge in [0.05, 0.1) is 16.3 Å². The number of hydrogen-bond acceptors (Lipinski definition) is 4. The summed E-state index contributed by atoms with van der Waals surface area (Å²) in [6.07, 6.45) is -0.196. The highest BCUT2D eigenvalue weighted by atomic mass is 32.3. The van der Waals surface area contributed by atoms with Crippen molar-refractivity contribution in [2.45, 2.75) is 31.9 Å². The summed E-state index contributed by atoms with van der Waals surface area (Å²) in [5, 5.41) is 0. The zero-order valence-electron chi connectivity index (χ0n) is 8.45. The molecule has 0 atom stereocenters. The standard InChI is InChI=1S/C7H15FO4S2/c1-7(2,3)13(9,10)5-4-6-14(8,11)12/h4-6H2,1-3H3. The van der Waals surface area contributed by atoms with E-state index in [1.54, 1.807) is 0 Å². The van der Waals surface area contributed by atoms with Gasteiger partial charge in [-0.05, 0) is 27.2 Å². The zero-order valence-corrected chi connectivity index (χ0v) is 10.1. The van der Waals surface area contributed by atoms with Crippen molar-refractivity contribution in [1.29, 1.82) is 0 Å². The molecule has 14 heavy (non-hydrogen) atoms. The maximum atomic E-state index is 12.0. The minimum atomic E-state index is -4.56. The van der Waals surface area contributed by atoms with E-state index in [1.807, 2.05) is 0 Å². The van der Waals surface area contributed by atoms with Gasteiger partial charge in [-0.3, -0.25) is 0 Å². The Hall–Kier alpha value is -0.170. The molecule has 0 rings (SSSR count). The first-order chi connectivity index (χ1) is 5.96. The van der Waals surface area contributed by atoms with E-state index in [1.165, 1.54) is 20.8 Å². The van der Waals surface area contributed by atoms with Gasteiger partial charge >= 0.3 is 10.2 Å². The molecule has 0 saturated heterocycles. The predicted octanol–water partition coefficient (Wildman–Crippen LogP) is 0.889. The highest BCUT2D eigenvalue weighted by Crippen LogP contribution is 2.16. The second-order valence-corrected chi connectivity index (χ2v) is 8.38. The lowest BCUT2D eigenvalue weighted by Gasteiger charge is -2.18. The molecule has 86 valence electrons. The molecule has 0 fully saturated rings. The van der Waals surface area contributed by atoms with Crippen LogP contribution in [0.1, 0.15) is 27.2 Å². The Bertz CT molecular complexity index is 374. The van der Waals surface area contributed by atoms with E-state index >= 15 is 0 Å². The Kier molecular flexibility index (Phi) is 4.09. The first kappa shape index (κ1) is 13.8. The third kappa shape index (κ3) is 4.90. The Balaban J connectivity index is 4.31. The summed E-state index contributed by atoms with van der Waals surface area (Å²) >= 11 is 0. The van der Waals surface area contributed by atoms with Crippen LogP contribution in [0.4, 0.5) is 3.89 Å². The van der Waals surface area contributed by atoms with Crippen molar-refractivity contribution in [3.05, 3.63) is 0 Å². The summed E-state index contributed by atoms with van der Waals surface area (Å²) in [7, 11) is -7.91. The molecular weight excluding hydrogens is 231 g/mol. The van der Waals surface area contributed by atoms with E-state index in [9.17, 15) is 20.7 Å². The summed E-state index contributed by atoms with van der Waals surface area (Å²) in [4.78, 5) is 0. The summed E-state index contributed by atoms with van der Waals surface area (Å²) in [6.45, 7) is 4.56. The van der Waals surface area contributed by atoms with Crippen LogP contribution >= 0.6 is 0 Å². The van der Waals surface area contributed by atoms with E-state index in [2.05, 4.69) is 0 Å². The molecule has 0 aromatic rings. The molecule has 7 heteroatoms. The fourth-order valence-corrected chi connectivity index (χ4v) is 2.54. The van der Waals surface area contributed by atoms with Crippen LogP contribution in [0.2, 0.25) is 0 Å². The Morgan fingerprint density at radius 1 is 1.00 bits per heavy atom. The van der Waals surface area contributed by atoms with Gasteiger partial charge in [-0.2, -0.15) is 8.42 Å². The molecule has 0 aliphatic heterocycles. The molecule has 0 saturated carbocycles. The summed E-state index contributed by atoms with van der Waals surface area (Å²) in [5.74, 6) is -1.04. The summed E-state index contributed by atoms with van der Waals surface area (Å²) < 4.78 is 54.2. The molecule has 0 aliphatic rings. The van der Waals surface area contributed by atoms with Crippen molar-refractivity contribution in [3.8, 4) is 0 Å². The van der Waals surface area contributed by atoms with Gasteiger partial charge in [0, 0.05) is 0 Å². The number of halogens is 1. The van der Waals surface area contributed by atoms with E-state index < -0.39 is 30.6 Å². The van der Waals surface area contributed by atoms with Gasteiger partial charge in [0.1, 0.15) is 0 Å². The van der Waals surface area contributed by atoms with Gasteiger partial charge < -0.3 is 0 Å². The van der Waals surface area contributed by atoms with E-state index in [4.69, 9.17) is 0 Å². The lowest BCUT2D eigenvalue weighted by Crippen LogP contribution is -2.30. The molecule has 0 amide bonds. The number of rotatable bonds is 4. The molecule has 0 aromatic carbocycles. The largest absolute Gasteiger partial charge is 0.302 e. The molecule has 0 N–H and O–H groups in total. The van der Waals surface area contributed by atoms with Crippen LogP contribution in [0, 0.1) is 0 Å². The fraction of sp³-hybridized carbons (Fsp3) is 1.00. The average molecular weight is 246 g/mol. The zero-order chi connectivity index (χ0) is 11.6. The van der Waals surface area contributed by atoms with Crippen molar-refractivity contribution in [1.82, 2.24) is 0 Å². The molecule has 0 spiro atoms. The first-order valence-corrected chi connectivity index (χ1v) is 7.31. The van der Waals surface area contributed by atoms with Gasteiger partial charge in [-0.1, -0.05) is 0 Å². The predicted molar refractivity (Wildman–Crippen MR) is 53.1 cm³/mol. The molecule has 0 heterocycles. The summed E-state index contributed by atoms with van der Waals surface area (Å²) in [6, 6.07) is 0. The lowest BCUT2D eigenvalue weighted by molar-refractivity contribution is 0.547. The fourth-order valence-electron chi connectivity index (χ4n) is 0.728. The van der Waals surface area contributed by atoms with E-state index in [0.717, 1.165) is 0 Å².